The zero-order valence-electron chi connectivity index (χ0n) is 10.6. The summed E-state index contributed by atoms with van der Waals surface area (Å²) in [7, 11) is 0. The van der Waals surface area contributed by atoms with Crippen LogP contribution < -0.4 is 10.6 Å². The summed E-state index contributed by atoms with van der Waals surface area (Å²) >= 11 is 0. The van der Waals surface area contributed by atoms with Crippen LogP contribution in [0.3, 0.4) is 0 Å². The zero-order chi connectivity index (χ0) is 12.4. The number of nitrogens with two attached hydrogens (primary N) is 1. The molecule has 1 aromatic rings. The van der Waals surface area contributed by atoms with Gasteiger partial charge >= 0.3 is 0 Å². The number of hydrogen-bond acceptors (Lipinski definition) is 2. The Balaban J connectivity index is 2.32. The molecular weight excluding hydrogens is 215 g/mol. The summed E-state index contributed by atoms with van der Waals surface area (Å²) in [5, 5.41) is 0. The van der Waals surface area contributed by atoms with E-state index in [2.05, 4.69) is 18.7 Å². The molecule has 94 valence electrons. The maximum atomic E-state index is 14.0. The second-order valence-corrected chi connectivity index (χ2v) is 5.14. The highest BCUT2D eigenvalue weighted by molar-refractivity contribution is 5.55. The molecule has 0 saturated heterocycles. The van der Waals surface area contributed by atoms with Gasteiger partial charge in [0.15, 0.2) is 0 Å². The molecule has 0 unspecified atom stereocenters. The number of nitrogens with zero attached hydrogens (tertiary/aromatic N) is 1. The van der Waals surface area contributed by atoms with Crippen molar-refractivity contribution in [1.29, 1.82) is 0 Å². The summed E-state index contributed by atoms with van der Waals surface area (Å²) in [6.45, 7) is 5.55. The Kier molecular flexibility index (Phi) is 3.67. The lowest BCUT2D eigenvalue weighted by molar-refractivity contribution is 0.584. The van der Waals surface area contributed by atoms with Gasteiger partial charge < -0.3 is 10.6 Å². The molecule has 0 bridgehead atoms. The van der Waals surface area contributed by atoms with Gasteiger partial charge in [0.2, 0.25) is 0 Å². The summed E-state index contributed by atoms with van der Waals surface area (Å²) in [5.74, 6) is 0.588. The van der Waals surface area contributed by atoms with Crippen LogP contribution in [-0.4, -0.2) is 12.6 Å². The van der Waals surface area contributed by atoms with Gasteiger partial charge in [-0.1, -0.05) is 12.1 Å². The second kappa shape index (κ2) is 5.05. The van der Waals surface area contributed by atoms with Gasteiger partial charge in [-0.25, -0.2) is 4.39 Å². The monoisotopic (exact) mass is 236 g/mol. The molecule has 0 aromatic heterocycles. The molecule has 1 aliphatic rings. The average Bonchev–Trinajstić information content (AvgIpc) is 3.09. The lowest BCUT2D eigenvalue weighted by Gasteiger charge is -2.31. The van der Waals surface area contributed by atoms with Crippen LogP contribution in [0.2, 0.25) is 0 Å². The SMILES string of the molecule is CC(C)N(CC1CC1)c1c(F)cccc1CN. The van der Waals surface area contributed by atoms with Gasteiger partial charge in [0.05, 0.1) is 5.69 Å². The third-order valence-corrected chi connectivity index (χ3v) is 3.35. The Bertz CT molecular complexity index is 386. The average molecular weight is 236 g/mol. The first-order valence-electron chi connectivity index (χ1n) is 6.37. The molecule has 1 aromatic carbocycles. The highest BCUT2D eigenvalue weighted by atomic mass is 19.1. The zero-order valence-corrected chi connectivity index (χ0v) is 10.6. The lowest BCUT2D eigenvalue weighted by atomic mass is 10.1. The van der Waals surface area contributed by atoms with E-state index in [1.54, 1.807) is 6.07 Å². The molecule has 0 heterocycles. The highest BCUT2D eigenvalue weighted by Gasteiger charge is 2.27. The summed E-state index contributed by atoms with van der Waals surface area (Å²) in [6, 6.07) is 5.48. The predicted molar refractivity (Wildman–Crippen MR) is 69.5 cm³/mol. The third-order valence-electron chi connectivity index (χ3n) is 3.35. The maximum absolute atomic E-state index is 14.0. The number of para-hydroxylation sites is 1. The molecule has 0 amide bonds. The van der Waals surface area contributed by atoms with E-state index < -0.39 is 0 Å². The predicted octanol–water partition coefficient (Wildman–Crippen LogP) is 2.91. The molecule has 0 radical (unpaired) electrons. The Morgan fingerprint density at radius 2 is 2.12 bits per heavy atom. The molecule has 2 N–H and O–H groups in total. The van der Waals surface area contributed by atoms with Crippen LogP contribution in [0.25, 0.3) is 0 Å². The van der Waals surface area contributed by atoms with Gasteiger partial charge in [-0.15, -0.1) is 0 Å². The van der Waals surface area contributed by atoms with Gasteiger partial charge in [-0.2, -0.15) is 0 Å². The normalized spacial score (nSPS) is 15.4. The second-order valence-electron chi connectivity index (χ2n) is 5.14. The number of hydrogen-bond donors (Lipinski definition) is 1. The number of rotatable bonds is 5. The van der Waals surface area contributed by atoms with E-state index in [4.69, 9.17) is 5.73 Å². The molecule has 2 rings (SSSR count). The smallest absolute Gasteiger partial charge is 0.146 e. The molecule has 3 heteroatoms. The fourth-order valence-electron chi connectivity index (χ4n) is 2.19. The van der Waals surface area contributed by atoms with E-state index in [0.717, 1.165) is 18.0 Å². The van der Waals surface area contributed by atoms with Crippen LogP contribution in [0.1, 0.15) is 32.3 Å². The molecule has 1 saturated carbocycles. The Morgan fingerprint density at radius 3 is 2.65 bits per heavy atom. The van der Waals surface area contributed by atoms with Crippen LogP contribution in [0, 0.1) is 11.7 Å². The van der Waals surface area contributed by atoms with Crippen molar-refractivity contribution in [3.8, 4) is 0 Å². The molecular formula is C14H21FN2. The van der Waals surface area contributed by atoms with Crippen LogP contribution >= 0.6 is 0 Å². The Hall–Kier alpha value is -1.09. The fourth-order valence-corrected chi connectivity index (χ4v) is 2.19. The van der Waals surface area contributed by atoms with E-state index in [1.807, 2.05) is 6.07 Å². The van der Waals surface area contributed by atoms with E-state index >= 15 is 0 Å². The first-order valence-corrected chi connectivity index (χ1v) is 6.37. The Labute approximate surface area is 103 Å². The van der Waals surface area contributed by atoms with Crippen molar-refractivity contribution >= 4 is 5.69 Å². The van der Waals surface area contributed by atoms with Crippen molar-refractivity contribution < 1.29 is 4.39 Å². The van der Waals surface area contributed by atoms with Crippen molar-refractivity contribution in [2.24, 2.45) is 11.7 Å². The largest absolute Gasteiger partial charge is 0.366 e. The van der Waals surface area contributed by atoms with Gasteiger partial charge in [-0.3, -0.25) is 0 Å². The number of anilines is 1. The highest BCUT2D eigenvalue weighted by Crippen LogP contribution is 2.34. The minimum atomic E-state index is -0.151. The first kappa shape index (κ1) is 12.4. The maximum Gasteiger partial charge on any atom is 0.146 e. The van der Waals surface area contributed by atoms with Crippen molar-refractivity contribution in [3.63, 3.8) is 0 Å². The van der Waals surface area contributed by atoms with Crippen molar-refractivity contribution in [2.45, 2.75) is 39.3 Å². The Morgan fingerprint density at radius 1 is 1.41 bits per heavy atom. The molecule has 17 heavy (non-hydrogen) atoms. The summed E-state index contributed by atoms with van der Waals surface area (Å²) in [6.07, 6.45) is 2.55. The van der Waals surface area contributed by atoms with Crippen LogP contribution in [0.4, 0.5) is 10.1 Å². The van der Waals surface area contributed by atoms with Gasteiger partial charge in [0.1, 0.15) is 5.82 Å². The quantitative estimate of drug-likeness (QED) is 0.851. The number of benzene rings is 1. The topological polar surface area (TPSA) is 29.3 Å². The molecule has 1 fully saturated rings. The summed E-state index contributed by atoms with van der Waals surface area (Å²) < 4.78 is 14.0. The fraction of sp³-hybridized carbons (Fsp3) is 0.571. The minimum Gasteiger partial charge on any atom is -0.366 e. The summed E-state index contributed by atoms with van der Waals surface area (Å²) in [5.41, 5.74) is 7.32. The van der Waals surface area contributed by atoms with Crippen LogP contribution in [0.15, 0.2) is 18.2 Å². The standard InChI is InChI=1S/C14H21FN2/c1-10(2)17(9-11-6-7-11)14-12(8-16)4-3-5-13(14)15/h3-5,10-11H,6-9,16H2,1-2H3. The van der Waals surface area contributed by atoms with Crippen molar-refractivity contribution in [3.05, 3.63) is 29.6 Å². The molecule has 1 aliphatic carbocycles. The molecule has 0 spiro atoms. The lowest BCUT2D eigenvalue weighted by Crippen LogP contribution is -2.34. The molecule has 0 aliphatic heterocycles. The van der Waals surface area contributed by atoms with Crippen molar-refractivity contribution in [1.82, 2.24) is 0 Å². The first-order chi connectivity index (χ1) is 8.13. The van der Waals surface area contributed by atoms with Gasteiger partial charge in [0.25, 0.3) is 0 Å². The number of halogens is 1. The molecule has 0 atom stereocenters. The van der Waals surface area contributed by atoms with Crippen LogP contribution in [-0.2, 0) is 6.54 Å². The van der Waals surface area contributed by atoms with Gasteiger partial charge in [0, 0.05) is 19.1 Å². The summed E-state index contributed by atoms with van der Waals surface area (Å²) in [4.78, 5) is 2.16. The van der Waals surface area contributed by atoms with Crippen molar-refractivity contribution in [2.75, 3.05) is 11.4 Å². The molecule has 2 nitrogen and oxygen atoms in total. The van der Waals surface area contributed by atoms with E-state index in [9.17, 15) is 4.39 Å². The van der Waals surface area contributed by atoms with E-state index in [0.29, 0.717) is 18.3 Å². The van der Waals surface area contributed by atoms with E-state index in [1.165, 1.54) is 18.9 Å². The van der Waals surface area contributed by atoms with Gasteiger partial charge in [-0.05, 0) is 44.2 Å². The third kappa shape index (κ3) is 2.78. The van der Waals surface area contributed by atoms with Crippen LogP contribution in [0.5, 0.6) is 0 Å². The minimum absolute atomic E-state index is 0.151. The van der Waals surface area contributed by atoms with E-state index in [-0.39, 0.29) is 5.82 Å².